The van der Waals surface area contributed by atoms with Crippen LogP contribution in [0.3, 0.4) is 0 Å². The maximum Gasteiger partial charge on any atom is 0.119 e. The van der Waals surface area contributed by atoms with E-state index in [9.17, 15) is 0 Å². The van der Waals surface area contributed by atoms with Crippen LogP contribution in [0.2, 0.25) is 0 Å². The molecule has 0 aliphatic carbocycles. The summed E-state index contributed by atoms with van der Waals surface area (Å²) in [4.78, 5) is 0. The molecule has 1 rings (SSSR count). The van der Waals surface area contributed by atoms with E-state index in [-0.39, 0.29) is 0 Å². The smallest absolute Gasteiger partial charge is 0.119 e. The Morgan fingerprint density at radius 2 is 1.82 bits per heavy atom. The van der Waals surface area contributed by atoms with Crippen molar-refractivity contribution >= 4 is 0 Å². The molecule has 0 saturated carbocycles. The minimum atomic E-state index is 0.590. The summed E-state index contributed by atoms with van der Waals surface area (Å²) >= 11 is 0. The van der Waals surface area contributed by atoms with E-state index in [0.717, 1.165) is 31.8 Å². The Kier molecular flexibility index (Phi) is 8.28. The van der Waals surface area contributed by atoms with Crippen molar-refractivity contribution in [3.8, 4) is 5.75 Å². The second kappa shape index (κ2) is 10.1. The normalized spacial score (nSPS) is 10.4. The third-order valence-corrected chi connectivity index (χ3v) is 2.22. The number of para-hydroxylation sites is 1. The Balaban J connectivity index is 1.85. The van der Waals surface area contributed by atoms with Crippen LogP contribution in [0, 0.1) is 0 Å². The van der Waals surface area contributed by atoms with E-state index in [0.29, 0.717) is 19.8 Å². The third-order valence-electron chi connectivity index (χ3n) is 2.22. The predicted octanol–water partition coefficient (Wildman–Crippen LogP) is 1.02. The second-order valence-corrected chi connectivity index (χ2v) is 3.67. The highest BCUT2D eigenvalue weighted by atomic mass is 16.5. The zero-order valence-corrected chi connectivity index (χ0v) is 10.2. The van der Waals surface area contributed by atoms with Crippen molar-refractivity contribution in [1.29, 1.82) is 0 Å². The van der Waals surface area contributed by atoms with E-state index in [1.54, 1.807) is 0 Å². The van der Waals surface area contributed by atoms with Gasteiger partial charge in [-0.25, -0.2) is 0 Å². The average Bonchev–Trinajstić information content (AvgIpc) is 2.38. The molecule has 0 atom stereocenters. The second-order valence-electron chi connectivity index (χ2n) is 3.67. The Bertz CT molecular complexity index is 267. The SMILES string of the molecule is NCCCNCCOCCOc1ccccc1. The van der Waals surface area contributed by atoms with E-state index in [4.69, 9.17) is 15.2 Å². The largest absolute Gasteiger partial charge is 0.491 e. The molecule has 17 heavy (non-hydrogen) atoms. The zero-order valence-electron chi connectivity index (χ0n) is 10.2. The maximum absolute atomic E-state index is 5.49. The van der Waals surface area contributed by atoms with Crippen LogP contribution in [-0.4, -0.2) is 39.5 Å². The molecular formula is C13H22N2O2. The number of nitrogens with two attached hydrogens (primary N) is 1. The summed E-state index contributed by atoms with van der Waals surface area (Å²) in [5, 5.41) is 3.25. The molecule has 96 valence electrons. The van der Waals surface area contributed by atoms with Gasteiger partial charge in [-0.05, 0) is 31.6 Å². The van der Waals surface area contributed by atoms with Gasteiger partial charge in [0.15, 0.2) is 0 Å². The molecule has 0 aliphatic heterocycles. The molecule has 0 saturated heterocycles. The standard InChI is InChI=1S/C13H22N2O2/c14-7-4-8-15-9-10-16-11-12-17-13-5-2-1-3-6-13/h1-3,5-6,15H,4,7-12,14H2. The van der Waals surface area contributed by atoms with E-state index in [1.807, 2.05) is 30.3 Å². The van der Waals surface area contributed by atoms with Gasteiger partial charge in [0.1, 0.15) is 12.4 Å². The van der Waals surface area contributed by atoms with Crippen LogP contribution in [0.25, 0.3) is 0 Å². The van der Waals surface area contributed by atoms with Crippen molar-refractivity contribution in [2.24, 2.45) is 5.73 Å². The first-order valence-electron chi connectivity index (χ1n) is 6.10. The van der Waals surface area contributed by atoms with Crippen LogP contribution < -0.4 is 15.8 Å². The summed E-state index contributed by atoms with van der Waals surface area (Å²) in [5.41, 5.74) is 5.38. The Labute approximate surface area is 103 Å². The lowest BCUT2D eigenvalue weighted by Crippen LogP contribution is -2.23. The van der Waals surface area contributed by atoms with Gasteiger partial charge in [0.25, 0.3) is 0 Å². The van der Waals surface area contributed by atoms with Crippen LogP contribution in [0.1, 0.15) is 6.42 Å². The number of nitrogens with one attached hydrogen (secondary N) is 1. The molecule has 0 amide bonds. The number of hydrogen-bond donors (Lipinski definition) is 2. The molecule has 1 aromatic carbocycles. The Morgan fingerprint density at radius 1 is 1.00 bits per heavy atom. The highest BCUT2D eigenvalue weighted by molar-refractivity contribution is 5.20. The fourth-order valence-corrected chi connectivity index (χ4v) is 1.33. The third kappa shape index (κ3) is 7.74. The van der Waals surface area contributed by atoms with Gasteiger partial charge in [-0.1, -0.05) is 18.2 Å². The highest BCUT2D eigenvalue weighted by Gasteiger charge is 1.92. The lowest BCUT2D eigenvalue weighted by atomic mass is 10.3. The Morgan fingerprint density at radius 3 is 2.59 bits per heavy atom. The van der Waals surface area contributed by atoms with Gasteiger partial charge < -0.3 is 20.5 Å². The molecule has 0 aromatic heterocycles. The van der Waals surface area contributed by atoms with Crippen molar-refractivity contribution in [2.45, 2.75) is 6.42 Å². The molecule has 3 N–H and O–H groups in total. The topological polar surface area (TPSA) is 56.5 Å². The van der Waals surface area contributed by atoms with Crippen LogP contribution in [0.4, 0.5) is 0 Å². The van der Waals surface area contributed by atoms with Gasteiger partial charge >= 0.3 is 0 Å². The van der Waals surface area contributed by atoms with E-state index >= 15 is 0 Å². The van der Waals surface area contributed by atoms with Crippen LogP contribution in [-0.2, 0) is 4.74 Å². The summed E-state index contributed by atoms with van der Waals surface area (Å²) < 4.78 is 10.9. The maximum atomic E-state index is 5.49. The molecule has 0 heterocycles. The number of ether oxygens (including phenoxy) is 2. The van der Waals surface area contributed by atoms with Gasteiger partial charge in [-0.3, -0.25) is 0 Å². The van der Waals surface area contributed by atoms with Gasteiger partial charge in [0.2, 0.25) is 0 Å². The van der Waals surface area contributed by atoms with E-state index < -0.39 is 0 Å². The average molecular weight is 238 g/mol. The van der Waals surface area contributed by atoms with Crippen molar-refractivity contribution in [3.05, 3.63) is 30.3 Å². The summed E-state index contributed by atoms with van der Waals surface area (Å²) in [5.74, 6) is 0.886. The zero-order chi connectivity index (χ0) is 12.2. The van der Waals surface area contributed by atoms with Crippen molar-refractivity contribution < 1.29 is 9.47 Å². The molecule has 0 aliphatic rings. The number of hydrogen-bond acceptors (Lipinski definition) is 4. The molecule has 0 radical (unpaired) electrons. The first kappa shape index (κ1) is 14.0. The first-order chi connectivity index (χ1) is 8.43. The lowest BCUT2D eigenvalue weighted by Gasteiger charge is -2.07. The molecule has 4 heteroatoms. The highest BCUT2D eigenvalue weighted by Crippen LogP contribution is 2.07. The van der Waals surface area contributed by atoms with Crippen molar-refractivity contribution in [1.82, 2.24) is 5.32 Å². The minimum absolute atomic E-state index is 0.590. The molecule has 0 fully saturated rings. The molecule has 1 aromatic rings. The lowest BCUT2D eigenvalue weighted by molar-refractivity contribution is 0.102. The molecule has 0 bridgehead atoms. The number of benzene rings is 1. The summed E-state index contributed by atoms with van der Waals surface area (Å²) in [6.45, 7) is 4.48. The van der Waals surface area contributed by atoms with Gasteiger partial charge in [-0.15, -0.1) is 0 Å². The van der Waals surface area contributed by atoms with Gasteiger partial charge in [-0.2, -0.15) is 0 Å². The van der Waals surface area contributed by atoms with Gasteiger partial charge in [0, 0.05) is 6.54 Å². The minimum Gasteiger partial charge on any atom is -0.491 e. The molecular weight excluding hydrogens is 216 g/mol. The van der Waals surface area contributed by atoms with E-state index in [2.05, 4.69) is 5.32 Å². The molecule has 4 nitrogen and oxygen atoms in total. The quantitative estimate of drug-likeness (QED) is 0.598. The first-order valence-corrected chi connectivity index (χ1v) is 6.10. The van der Waals surface area contributed by atoms with Crippen LogP contribution in [0.5, 0.6) is 5.75 Å². The predicted molar refractivity (Wildman–Crippen MR) is 69.3 cm³/mol. The van der Waals surface area contributed by atoms with Crippen molar-refractivity contribution in [3.63, 3.8) is 0 Å². The number of rotatable bonds is 10. The summed E-state index contributed by atoms with van der Waals surface area (Å²) in [6, 6.07) is 9.76. The Hall–Kier alpha value is -1.10. The summed E-state index contributed by atoms with van der Waals surface area (Å²) in [6.07, 6.45) is 1.01. The van der Waals surface area contributed by atoms with Gasteiger partial charge in [0.05, 0.1) is 13.2 Å². The van der Waals surface area contributed by atoms with E-state index in [1.165, 1.54) is 0 Å². The molecule has 0 spiro atoms. The monoisotopic (exact) mass is 238 g/mol. The fraction of sp³-hybridized carbons (Fsp3) is 0.538. The summed E-state index contributed by atoms with van der Waals surface area (Å²) in [7, 11) is 0. The molecule has 0 unspecified atom stereocenters. The van der Waals surface area contributed by atoms with Crippen LogP contribution in [0.15, 0.2) is 30.3 Å². The van der Waals surface area contributed by atoms with Crippen molar-refractivity contribution in [2.75, 3.05) is 39.5 Å². The fourth-order valence-electron chi connectivity index (χ4n) is 1.33. The van der Waals surface area contributed by atoms with Crippen LogP contribution >= 0.6 is 0 Å².